The van der Waals surface area contributed by atoms with Crippen molar-refractivity contribution in [2.45, 2.75) is 32.4 Å². The van der Waals surface area contributed by atoms with Gasteiger partial charge in [0.2, 0.25) is 11.7 Å². The Kier molecular flexibility index (Phi) is 4.01. The van der Waals surface area contributed by atoms with Gasteiger partial charge in [-0.25, -0.2) is 0 Å². The highest BCUT2D eigenvalue weighted by atomic mass is 16.2. The topological polar surface area (TPSA) is 72.7 Å². The van der Waals surface area contributed by atoms with E-state index >= 15 is 0 Å². The van der Waals surface area contributed by atoms with E-state index in [9.17, 15) is 4.79 Å². The molecule has 1 heterocycles. The zero-order valence-corrected chi connectivity index (χ0v) is 14.0. The highest BCUT2D eigenvalue weighted by Crippen LogP contribution is 2.30. The summed E-state index contributed by atoms with van der Waals surface area (Å²) >= 11 is 0. The first-order valence-electron chi connectivity index (χ1n) is 8.41. The van der Waals surface area contributed by atoms with Crippen LogP contribution in [-0.4, -0.2) is 26.1 Å². The fourth-order valence-corrected chi connectivity index (χ4v) is 3.20. The third-order valence-corrected chi connectivity index (χ3v) is 4.52. The molecule has 1 unspecified atom stereocenters. The summed E-state index contributed by atoms with van der Waals surface area (Å²) in [6.07, 6.45) is 1.94. The number of hydrogen-bond donors (Lipinski definition) is 1. The largest absolute Gasteiger partial charge is 0.348 e. The van der Waals surface area contributed by atoms with Crippen LogP contribution in [0.1, 0.15) is 29.2 Å². The summed E-state index contributed by atoms with van der Waals surface area (Å²) in [6.45, 7) is 2.09. The molecule has 1 aromatic heterocycles. The molecule has 6 nitrogen and oxygen atoms in total. The second kappa shape index (κ2) is 6.47. The van der Waals surface area contributed by atoms with E-state index in [-0.39, 0.29) is 18.5 Å². The number of carbonyl (C=O) groups excluding carboxylic acids is 1. The molecule has 2 aromatic carbocycles. The fourth-order valence-electron chi connectivity index (χ4n) is 3.20. The summed E-state index contributed by atoms with van der Waals surface area (Å²) in [7, 11) is 0. The van der Waals surface area contributed by atoms with Crippen molar-refractivity contribution in [3.8, 4) is 11.4 Å². The number of aryl methyl sites for hydroxylation is 2. The van der Waals surface area contributed by atoms with E-state index in [2.05, 4.69) is 32.9 Å². The van der Waals surface area contributed by atoms with Gasteiger partial charge in [-0.1, -0.05) is 54.1 Å². The van der Waals surface area contributed by atoms with E-state index in [4.69, 9.17) is 0 Å². The number of amides is 1. The molecule has 0 radical (unpaired) electrons. The minimum absolute atomic E-state index is 0.0670. The van der Waals surface area contributed by atoms with Crippen LogP contribution in [0.3, 0.4) is 0 Å². The second-order valence-electron chi connectivity index (χ2n) is 6.37. The van der Waals surface area contributed by atoms with Crippen LogP contribution in [0.4, 0.5) is 0 Å². The van der Waals surface area contributed by atoms with Gasteiger partial charge >= 0.3 is 0 Å². The number of aromatic nitrogens is 4. The molecule has 1 N–H and O–H groups in total. The summed E-state index contributed by atoms with van der Waals surface area (Å²) in [5.41, 5.74) is 4.59. The first-order chi connectivity index (χ1) is 12.2. The molecule has 1 amide bonds. The van der Waals surface area contributed by atoms with Crippen LogP contribution < -0.4 is 5.32 Å². The van der Waals surface area contributed by atoms with Crippen molar-refractivity contribution in [1.29, 1.82) is 0 Å². The number of tetrazole rings is 1. The average Bonchev–Trinajstić information content (AvgIpc) is 3.23. The maximum absolute atomic E-state index is 12.3. The van der Waals surface area contributed by atoms with Crippen LogP contribution in [0.5, 0.6) is 0 Å². The van der Waals surface area contributed by atoms with Gasteiger partial charge in [0.25, 0.3) is 0 Å². The third kappa shape index (κ3) is 3.28. The predicted molar refractivity (Wildman–Crippen MR) is 93.6 cm³/mol. The Morgan fingerprint density at radius 2 is 2.00 bits per heavy atom. The SMILES string of the molecule is Cc1ccc(-c2nnn(CC(=O)NC3CCc4ccccc43)n2)cc1. The minimum atomic E-state index is -0.102. The molecule has 0 aliphatic heterocycles. The standard InChI is InChI=1S/C19H19N5O/c1-13-6-8-15(9-7-13)19-21-23-24(22-19)12-18(25)20-17-11-10-14-4-2-3-5-16(14)17/h2-9,17H,10-12H2,1H3,(H,20,25). The number of hydrogen-bond acceptors (Lipinski definition) is 4. The van der Waals surface area contributed by atoms with E-state index in [1.807, 2.05) is 43.3 Å². The molecule has 25 heavy (non-hydrogen) atoms. The van der Waals surface area contributed by atoms with Crippen LogP contribution in [0.25, 0.3) is 11.4 Å². The predicted octanol–water partition coefficient (Wildman–Crippen LogP) is 2.45. The number of benzene rings is 2. The molecule has 1 aliphatic carbocycles. The molecule has 0 fully saturated rings. The van der Waals surface area contributed by atoms with Gasteiger partial charge in [-0.2, -0.15) is 4.80 Å². The zero-order valence-electron chi connectivity index (χ0n) is 14.0. The average molecular weight is 333 g/mol. The second-order valence-corrected chi connectivity index (χ2v) is 6.37. The lowest BCUT2D eigenvalue weighted by Gasteiger charge is -2.13. The molecular weight excluding hydrogens is 314 g/mol. The molecule has 0 saturated carbocycles. The molecule has 0 spiro atoms. The Morgan fingerprint density at radius 1 is 1.20 bits per heavy atom. The normalized spacial score (nSPS) is 15.8. The van der Waals surface area contributed by atoms with Gasteiger partial charge in [0.1, 0.15) is 6.54 Å². The van der Waals surface area contributed by atoms with Gasteiger partial charge in [-0.05, 0) is 36.1 Å². The van der Waals surface area contributed by atoms with Crippen LogP contribution in [0.15, 0.2) is 48.5 Å². The van der Waals surface area contributed by atoms with Gasteiger partial charge in [-0.15, -0.1) is 10.2 Å². The summed E-state index contributed by atoms with van der Waals surface area (Å²) in [4.78, 5) is 13.7. The van der Waals surface area contributed by atoms with Crippen molar-refractivity contribution in [3.05, 3.63) is 65.2 Å². The highest BCUT2D eigenvalue weighted by molar-refractivity contribution is 5.76. The van der Waals surface area contributed by atoms with Gasteiger partial charge in [0, 0.05) is 5.56 Å². The molecule has 3 aromatic rings. The lowest BCUT2D eigenvalue weighted by Crippen LogP contribution is -2.31. The van der Waals surface area contributed by atoms with E-state index in [0.717, 1.165) is 18.4 Å². The van der Waals surface area contributed by atoms with E-state index in [1.165, 1.54) is 21.5 Å². The van der Waals surface area contributed by atoms with Gasteiger partial charge in [0.05, 0.1) is 6.04 Å². The molecular formula is C19H19N5O. The van der Waals surface area contributed by atoms with Crippen LogP contribution >= 0.6 is 0 Å². The third-order valence-electron chi connectivity index (χ3n) is 4.52. The number of rotatable bonds is 4. The number of carbonyl (C=O) groups is 1. The van der Waals surface area contributed by atoms with Crippen molar-refractivity contribution < 1.29 is 4.79 Å². The van der Waals surface area contributed by atoms with Crippen LogP contribution in [0, 0.1) is 6.92 Å². The van der Waals surface area contributed by atoms with Crippen LogP contribution in [0.2, 0.25) is 0 Å². The minimum Gasteiger partial charge on any atom is -0.348 e. The van der Waals surface area contributed by atoms with E-state index in [0.29, 0.717) is 5.82 Å². The Balaban J connectivity index is 1.41. The Hall–Kier alpha value is -3.02. The van der Waals surface area contributed by atoms with Gasteiger partial charge in [0.15, 0.2) is 0 Å². The lowest BCUT2D eigenvalue weighted by molar-refractivity contribution is -0.122. The summed E-state index contributed by atoms with van der Waals surface area (Å²) in [6, 6.07) is 16.2. The summed E-state index contributed by atoms with van der Waals surface area (Å²) in [5.74, 6) is 0.425. The van der Waals surface area contributed by atoms with Crippen molar-refractivity contribution in [1.82, 2.24) is 25.5 Å². The van der Waals surface area contributed by atoms with Crippen molar-refractivity contribution in [2.24, 2.45) is 0 Å². The molecule has 6 heteroatoms. The van der Waals surface area contributed by atoms with Gasteiger partial charge in [-0.3, -0.25) is 4.79 Å². The lowest BCUT2D eigenvalue weighted by atomic mass is 10.1. The molecule has 0 saturated heterocycles. The van der Waals surface area contributed by atoms with Crippen molar-refractivity contribution in [2.75, 3.05) is 0 Å². The zero-order chi connectivity index (χ0) is 17.2. The number of nitrogens with one attached hydrogen (secondary N) is 1. The monoisotopic (exact) mass is 333 g/mol. The Bertz CT molecular complexity index is 900. The van der Waals surface area contributed by atoms with E-state index < -0.39 is 0 Å². The summed E-state index contributed by atoms with van der Waals surface area (Å²) in [5, 5.41) is 15.4. The first kappa shape index (κ1) is 15.5. The molecule has 126 valence electrons. The number of fused-ring (bicyclic) bond motifs is 1. The smallest absolute Gasteiger partial charge is 0.244 e. The highest BCUT2D eigenvalue weighted by Gasteiger charge is 2.23. The molecule has 1 aliphatic rings. The first-order valence-corrected chi connectivity index (χ1v) is 8.41. The molecule has 4 rings (SSSR count). The van der Waals surface area contributed by atoms with Gasteiger partial charge < -0.3 is 5.32 Å². The Labute approximate surface area is 145 Å². The molecule has 1 atom stereocenters. The fraction of sp³-hybridized carbons (Fsp3) is 0.263. The van der Waals surface area contributed by atoms with Crippen molar-refractivity contribution in [3.63, 3.8) is 0 Å². The quantitative estimate of drug-likeness (QED) is 0.796. The Morgan fingerprint density at radius 3 is 2.84 bits per heavy atom. The van der Waals surface area contributed by atoms with Crippen LogP contribution in [-0.2, 0) is 17.8 Å². The maximum Gasteiger partial charge on any atom is 0.244 e. The number of nitrogens with zero attached hydrogens (tertiary/aromatic N) is 4. The molecule has 0 bridgehead atoms. The van der Waals surface area contributed by atoms with Crippen molar-refractivity contribution >= 4 is 5.91 Å². The summed E-state index contributed by atoms with van der Waals surface area (Å²) < 4.78 is 0. The maximum atomic E-state index is 12.3. The van der Waals surface area contributed by atoms with E-state index in [1.54, 1.807) is 0 Å².